The van der Waals surface area contributed by atoms with Crippen molar-refractivity contribution in [2.24, 2.45) is 0 Å². The molecule has 0 saturated heterocycles. The average molecular weight is 384 g/mol. The van der Waals surface area contributed by atoms with Crippen molar-refractivity contribution in [2.45, 2.75) is 19.0 Å². The largest absolute Gasteiger partial charge is 0.459 e. The topological polar surface area (TPSA) is 96.3 Å². The van der Waals surface area contributed by atoms with Crippen LogP contribution in [0.5, 0.6) is 0 Å². The van der Waals surface area contributed by atoms with Crippen LogP contribution in [0.3, 0.4) is 0 Å². The van der Waals surface area contributed by atoms with E-state index in [-0.39, 0.29) is 42.9 Å². The molecule has 0 saturated carbocycles. The Kier molecular flexibility index (Phi) is 7.21. The third-order valence-corrected chi connectivity index (χ3v) is 3.46. The first-order chi connectivity index (χ1) is 12.9. The second-order valence-electron chi connectivity index (χ2n) is 5.51. The molecule has 0 fully saturated rings. The lowest BCUT2D eigenvalue weighted by Gasteiger charge is -2.13. The Hall–Kier alpha value is -3.04. The van der Waals surface area contributed by atoms with E-state index in [2.05, 4.69) is 20.9 Å². The van der Waals surface area contributed by atoms with Crippen molar-refractivity contribution < 1.29 is 27.2 Å². The van der Waals surface area contributed by atoms with Crippen LogP contribution < -0.4 is 16.0 Å². The van der Waals surface area contributed by atoms with E-state index < -0.39 is 11.7 Å². The van der Waals surface area contributed by atoms with Gasteiger partial charge in [0.2, 0.25) is 5.91 Å². The van der Waals surface area contributed by atoms with E-state index in [1.54, 1.807) is 6.07 Å². The standard InChI is InChI=1S/C17H19F3N4O3/c18-17(19,20)12-4-1-7-22-15(12)23-10-9-21-14(25)6-2-8-24-16(26)13-5-3-11-27-13/h1,3-5,7,11H,2,6,8-10H2,(H,21,25)(H,22,23)(H,24,26). The third kappa shape index (κ3) is 6.65. The number of halogens is 3. The van der Waals surface area contributed by atoms with Crippen LogP contribution in [0.15, 0.2) is 41.1 Å². The highest BCUT2D eigenvalue weighted by molar-refractivity contribution is 5.91. The lowest BCUT2D eigenvalue weighted by molar-refractivity contribution is -0.137. The Labute approximate surface area is 153 Å². The second kappa shape index (κ2) is 9.60. The number of alkyl halides is 3. The average Bonchev–Trinajstić information content (AvgIpc) is 3.16. The number of carbonyl (C=O) groups excluding carboxylic acids is 2. The van der Waals surface area contributed by atoms with E-state index in [0.717, 1.165) is 6.07 Å². The van der Waals surface area contributed by atoms with Crippen LogP contribution >= 0.6 is 0 Å². The predicted molar refractivity (Wildman–Crippen MR) is 91.0 cm³/mol. The van der Waals surface area contributed by atoms with Gasteiger partial charge in [0.1, 0.15) is 5.82 Å². The van der Waals surface area contributed by atoms with Crippen molar-refractivity contribution >= 4 is 17.6 Å². The summed E-state index contributed by atoms with van der Waals surface area (Å²) in [4.78, 5) is 27.0. The van der Waals surface area contributed by atoms with Gasteiger partial charge in [0, 0.05) is 32.3 Å². The fourth-order valence-electron chi connectivity index (χ4n) is 2.19. The lowest BCUT2D eigenvalue weighted by Crippen LogP contribution is -2.30. The Bertz CT molecular complexity index is 748. The minimum atomic E-state index is -4.50. The molecule has 0 aliphatic carbocycles. The quantitative estimate of drug-likeness (QED) is 0.577. The first-order valence-electron chi connectivity index (χ1n) is 8.22. The van der Waals surface area contributed by atoms with Gasteiger partial charge in [-0.05, 0) is 30.7 Å². The predicted octanol–water partition coefficient (Wildman–Crippen LogP) is 2.43. The van der Waals surface area contributed by atoms with E-state index in [9.17, 15) is 22.8 Å². The second-order valence-corrected chi connectivity index (χ2v) is 5.51. The van der Waals surface area contributed by atoms with Crippen LogP contribution in [0, 0.1) is 0 Å². The van der Waals surface area contributed by atoms with Gasteiger partial charge < -0.3 is 20.4 Å². The minimum absolute atomic E-state index is 0.0983. The molecule has 2 aromatic heterocycles. The Morgan fingerprint density at radius 2 is 1.89 bits per heavy atom. The molecule has 27 heavy (non-hydrogen) atoms. The highest BCUT2D eigenvalue weighted by atomic mass is 19.4. The van der Waals surface area contributed by atoms with Gasteiger partial charge in [-0.2, -0.15) is 13.2 Å². The Morgan fingerprint density at radius 3 is 2.59 bits per heavy atom. The SMILES string of the molecule is O=C(CCCNC(=O)c1ccco1)NCCNc1ncccc1C(F)(F)F. The van der Waals surface area contributed by atoms with Gasteiger partial charge in [0.05, 0.1) is 11.8 Å². The van der Waals surface area contributed by atoms with Crippen LogP contribution in [-0.2, 0) is 11.0 Å². The molecule has 0 radical (unpaired) electrons. The summed E-state index contributed by atoms with van der Waals surface area (Å²) in [7, 11) is 0. The van der Waals surface area contributed by atoms with Gasteiger partial charge in [-0.3, -0.25) is 9.59 Å². The number of nitrogens with one attached hydrogen (secondary N) is 3. The van der Waals surface area contributed by atoms with Crippen molar-refractivity contribution in [3.8, 4) is 0 Å². The lowest BCUT2D eigenvalue weighted by atomic mass is 10.2. The third-order valence-electron chi connectivity index (χ3n) is 3.46. The molecule has 0 aliphatic heterocycles. The van der Waals surface area contributed by atoms with Crippen LogP contribution in [-0.4, -0.2) is 36.4 Å². The number of anilines is 1. The first kappa shape index (κ1) is 20.3. The molecule has 0 spiro atoms. The molecule has 10 heteroatoms. The molecule has 2 amide bonds. The highest BCUT2D eigenvalue weighted by Crippen LogP contribution is 2.33. The number of carbonyl (C=O) groups is 2. The van der Waals surface area contributed by atoms with Gasteiger partial charge in [0.25, 0.3) is 5.91 Å². The summed E-state index contributed by atoms with van der Waals surface area (Å²) in [6.45, 7) is 0.542. The number of hydrogen-bond acceptors (Lipinski definition) is 5. The zero-order valence-electron chi connectivity index (χ0n) is 14.3. The van der Waals surface area contributed by atoms with Gasteiger partial charge in [0.15, 0.2) is 5.76 Å². The fraction of sp³-hybridized carbons (Fsp3) is 0.353. The number of pyridine rings is 1. The minimum Gasteiger partial charge on any atom is -0.459 e. The first-order valence-corrected chi connectivity index (χ1v) is 8.22. The molecular formula is C17H19F3N4O3. The molecule has 0 atom stereocenters. The van der Waals surface area contributed by atoms with Gasteiger partial charge >= 0.3 is 6.18 Å². The van der Waals surface area contributed by atoms with Crippen molar-refractivity contribution in [2.75, 3.05) is 25.0 Å². The van der Waals surface area contributed by atoms with Crippen LogP contribution in [0.1, 0.15) is 29.0 Å². The summed E-state index contributed by atoms with van der Waals surface area (Å²) in [6, 6.07) is 5.27. The van der Waals surface area contributed by atoms with Gasteiger partial charge in [-0.25, -0.2) is 4.98 Å². The number of aromatic nitrogens is 1. The molecule has 0 aromatic carbocycles. The van der Waals surface area contributed by atoms with Crippen molar-refractivity contribution in [3.05, 3.63) is 48.0 Å². The van der Waals surface area contributed by atoms with E-state index in [1.165, 1.54) is 24.6 Å². The number of hydrogen-bond donors (Lipinski definition) is 3. The normalized spacial score (nSPS) is 11.1. The van der Waals surface area contributed by atoms with Crippen LogP contribution in [0.25, 0.3) is 0 Å². The molecule has 3 N–H and O–H groups in total. The molecular weight excluding hydrogens is 365 g/mol. The molecule has 0 aliphatic rings. The van der Waals surface area contributed by atoms with E-state index >= 15 is 0 Å². The van der Waals surface area contributed by atoms with E-state index in [4.69, 9.17) is 4.42 Å². The summed E-state index contributed by atoms with van der Waals surface area (Å²) in [6.07, 6.45) is -1.26. The number of amides is 2. The smallest absolute Gasteiger partial charge is 0.419 e. The maximum Gasteiger partial charge on any atom is 0.419 e. The molecule has 2 rings (SSSR count). The van der Waals surface area contributed by atoms with Gasteiger partial charge in [-0.15, -0.1) is 0 Å². The number of rotatable bonds is 9. The summed E-state index contributed by atoms with van der Waals surface area (Å²) in [5, 5.41) is 7.75. The maximum absolute atomic E-state index is 12.8. The molecule has 146 valence electrons. The monoisotopic (exact) mass is 384 g/mol. The number of furan rings is 1. The van der Waals surface area contributed by atoms with E-state index in [0.29, 0.717) is 13.0 Å². The van der Waals surface area contributed by atoms with Crippen molar-refractivity contribution in [1.29, 1.82) is 0 Å². The Morgan fingerprint density at radius 1 is 1.07 bits per heavy atom. The summed E-state index contributed by atoms with van der Waals surface area (Å²) in [5.41, 5.74) is -0.858. The van der Waals surface area contributed by atoms with E-state index in [1.807, 2.05) is 0 Å². The van der Waals surface area contributed by atoms with Crippen LogP contribution in [0.2, 0.25) is 0 Å². The fourth-order valence-corrected chi connectivity index (χ4v) is 2.19. The summed E-state index contributed by atoms with van der Waals surface area (Å²) >= 11 is 0. The summed E-state index contributed by atoms with van der Waals surface area (Å²) in [5.74, 6) is -0.709. The number of nitrogens with zero attached hydrogens (tertiary/aromatic N) is 1. The molecule has 2 heterocycles. The Balaban J connectivity index is 1.61. The maximum atomic E-state index is 12.8. The van der Waals surface area contributed by atoms with Crippen molar-refractivity contribution in [1.82, 2.24) is 15.6 Å². The zero-order valence-corrected chi connectivity index (χ0v) is 14.3. The molecule has 0 bridgehead atoms. The summed E-state index contributed by atoms with van der Waals surface area (Å²) < 4.78 is 43.4. The molecule has 0 unspecified atom stereocenters. The zero-order chi connectivity index (χ0) is 19.7. The van der Waals surface area contributed by atoms with Gasteiger partial charge in [-0.1, -0.05) is 0 Å². The highest BCUT2D eigenvalue weighted by Gasteiger charge is 2.33. The molecule has 2 aromatic rings. The van der Waals surface area contributed by atoms with Crippen molar-refractivity contribution in [3.63, 3.8) is 0 Å². The molecule has 7 nitrogen and oxygen atoms in total. The van der Waals surface area contributed by atoms with Crippen LogP contribution in [0.4, 0.5) is 19.0 Å².